The van der Waals surface area contributed by atoms with Crippen LogP contribution in [0.5, 0.6) is 11.5 Å². The van der Waals surface area contributed by atoms with Crippen LogP contribution in [0.1, 0.15) is 73.4 Å². The van der Waals surface area contributed by atoms with Crippen molar-refractivity contribution < 1.29 is 46.1 Å². The number of aromatic nitrogens is 12. The predicted molar refractivity (Wildman–Crippen MR) is 355 cm³/mol. The van der Waals surface area contributed by atoms with Crippen LogP contribution >= 0.6 is 32.9 Å². The van der Waals surface area contributed by atoms with Crippen molar-refractivity contribution in [2.75, 3.05) is 13.2 Å². The van der Waals surface area contributed by atoms with Crippen molar-refractivity contribution in [2.24, 2.45) is 0 Å². The fraction of sp³-hybridized carbons (Fsp3) is 0.387. The quantitative estimate of drug-likeness (QED) is 0.0263. The Kier molecular flexibility index (Phi) is 23.4. The Balaban J connectivity index is 0.000000227. The highest BCUT2D eigenvalue weighted by Gasteiger charge is 2.27. The molecular weight excluding hydrogens is 1330 g/mol. The number of fused-ring (bicyclic) bond motifs is 4. The second kappa shape index (κ2) is 30.1. The van der Waals surface area contributed by atoms with Gasteiger partial charge in [-0.15, -0.1) is 17.0 Å². The van der Waals surface area contributed by atoms with Crippen molar-refractivity contribution in [2.45, 2.75) is 143 Å². The van der Waals surface area contributed by atoms with Crippen LogP contribution in [0.4, 0.5) is 17.6 Å². The molecule has 90 heavy (non-hydrogen) atoms. The van der Waals surface area contributed by atoms with Crippen molar-refractivity contribution >= 4 is 105 Å². The summed E-state index contributed by atoms with van der Waals surface area (Å²) in [7, 11) is -2.53. The number of carbonyl (C=O) groups is 2. The minimum atomic E-state index is -2.98. The fourth-order valence-electron chi connectivity index (χ4n) is 8.91. The largest absolute Gasteiger partial charge is 0.435 e. The van der Waals surface area contributed by atoms with Crippen LogP contribution in [0.15, 0.2) is 110 Å². The van der Waals surface area contributed by atoms with Crippen molar-refractivity contribution in [3.63, 3.8) is 0 Å². The number of alkyl halides is 5. The number of ether oxygens (including phenoxy) is 4. The Bertz CT molecular complexity index is 4040. The number of aromatic amines is 1. The first-order valence-electron chi connectivity index (χ1n) is 28.8. The Labute approximate surface area is 540 Å². The third-order valence-corrected chi connectivity index (χ3v) is 17.2. The molecule has 0 aliphatic heterocycles. The Morgan fingerprint density at radius 3 is 1.57 bits per heavy atom. The van der Waals surface area contributed by atoms with Crippen LogP contribution in [-0.4, -0.2) is 124 Å². The van der Waals surface area contributed by atoms with E-state index >= 15 is 0 Å². The average molecular weight is 1410 g/mol. The van der Waals surface area contributed by atoms with Crippen molar-refractivity contribution in [3.8, 4) is 34.3 Å². The van der Waals surface area contributed by atoms with E-state index in [1.54, 1.807) is 69.3 Å². The zero-order valence-corrected chi connectivity index (χ0v) is 57.7. The molecule has 0 bridgehead atoms. The number of nitrogens with one attached hydrogen (secondary N) is 3. The molecular formula is C62H76Br2F4N14O6Si2. The molecule has 0 aliphatic rings. The molecule has 28 heteroatoms. The fourth-order valence-corrected chi connectivity index (χ4v) is 10.8. The minimum Gasteiger partial charge on any atom is -0.435 e. The van der Waals surface area contributed by atoms with E-state index in [9.17, 15) is 27.2 Å². The van der Waals surface area contributed by atoms with Gasteiger partial charge in [-0.1, -0.05) is 67.3 Å². The van der Waals surface area contributed by atoms with Crippen molar-refractivity contribution in [1.29, 1.82) is 0 Å². The van der Waals surface area contributed by atoms with Crippen LogP contribution in [0.3, 0.4) is 0 Å². The number of rotatable bonds is 21. The number of H-pyrrole nitrogens is 1. The summed E-state index contributed by atoms with van der Waals surface area (Å²) in [5, 5.41) is 20.0. The van der Waals surface area contributed by atoms with Crippen LogP contribution < -0.4 is 20.1 Å². The molecule has 20 nitrogen and oxygen atoms in total. The highest BCUT2D eigenvalue weighted by molar-refractivity contribution is 9.08. The number of carbonyl (C=O) groups excluding carboxylic acids is 2. The second-order valence-electron chi connectivity index (χ2n) is 25.6. The number of benzene rings is 2. The maximum Gasteiger partial charge on any atom is 0.387 e. The summed E-state index contributed by atoms with van der Waals surface area (Å²) in [4.78, 5) is 53.6. The maximum absolute atomic E-state index is 13.4. The summed E-state index contributed by atoms with van der Waals surface area (Å²) in [6, 6.07) is 18.9. The number of hydrogen-bond acceptors (Lipinski definition) is 14. The zero-order valence-electron chi connectivity index (χ0n) is 52.4. The summed E-state index contributed by atoms with van der Waals surface area (Å²) in [6.07, 6.45) is 13.6. The molecule has 8 aromatic heterocycles. The number of pyridine rings is 2. The first-order chi connectivity index (χ1) is 42.0. The van der Waals surface area contributed by atoms with E-state index in [1.165, 1.54) is 29.8 Å². The van der Waals surface area contributed by atoms with Gasteiger partial charge in [-0.2, -0.15) is 27.8 Å². The summed E-state index contributed by atoms with van der Waals surface area (Å²) < 4.78 is 78.1. The third-order valence-electron chi connectivity index (χ3n) is 13.2. The zero-order chi connectivity index (χ0) is 64.4. The molecule has 2 amide bonds. The molecule has 0 aliphatic carbocycles. The van der Waals surface area contributed by atoms with Crippen LogP contribution in [0.25, 0.3) is 66.9 Å². The molecule has 10 rings (SSSR count). The number of halogens is 6. The summed E-state index contributed by atoms with van der Waals surface area (Å²) in [5.41, 5.74) is 6.55. The number of amides is 2. The first kappa shape index (κ1) is 70.0. The van der Waals surface area contributed by atoms with Gasteiger partial charge < -0.3 is 38.7 Å². The Morgan fingerprint density at radius 1 is 0.644 bits per heavy atom. The first-order valence-corrected chi connectivity index (χ1v) is 37.3. The summed E-state index contributed by atoms with van der Waals surface area (Å²) in [5.74, 6) is -0.583. The molecule has 0 fully saturated rings. The average Bonchev–Trinajstić information content (AvgIpc) is 1.62. The number of nitrogens with zero attached hydrogens (tertiary/aromatic N) is 11. The highest BCUT2D eigenvalue weighted by atomic mass is 79.9. The summed E-state index contributed by atoms with van der Waals surface area (Å²) >= 11 is 3.32. The molecule has 0 saturated carbocycles. The molecule has 0 unspecified atom stereocenters. The Hall–Kier alpha value is -7.51. The molecule has 0 saturated heterocycles. The lowest BCUT2D eigenvalue weighted by molar-refractivity contribution is -0.0504. The van der Waals surface area contributed by atoms with Gasteiger partial charge in [-0.25, -0.2) is 19.9 Å². The van der Waals surface area contributed by atoms with E-state index in [2.05, 4.69) is 95.7 Å². The van der Waals surface area contributed by atoms with Gasteiger partial charge in [-0.3, -0.25) is 29.3 Å². The molecule has 0 atom stereocenters. The van der Waals surface area contributed by atoms with Gasteiger partial charge in [0.05, 0.1) is 41.1 Å². The van der Waals surface area contributed by atoms with Crippen LogP contribution in [0, 0.1) is 0 Å². The molecule has 0 spiro atoms. The molecule has 480 valence electrons. The van der Waals surface area contributed by atoms with E-state index in [1.807, 2.05) is 72.0 Å². The third kappa shape index (κ3) is 19.5. The molecule has 2 aromatic carbocycles. The lowest BCUT2D eigenvalue weighted by Crippen LogP contribution is -2.40. The highest BCUT2D eigenvalue weighted by Crippen LogP contribution is 2.34. The van der Waals surface area contributed by atoms with Gasteiger partial charge in [-0.05, 0) is 113 Å². The van der Waals surface area contributed by atoms with E-state index < -0.39 is 40.4 Å². The number of hydrogen-bond donors (Lipinski definition) is 3. The van der Waals surface area contributed by atoms with E-state index in [0.717, 1.165) is 23.0 Å². The second-order valence-corrected chi connectivity index (χ2v) is 37.4. The van der Waals surface area contributed by atoms with Gasteiger partial charge in [0.25, 0.3) is 11.8 Å². The predicted octanol–water partition coefficient (Wildman–Crippen LogP) is 14.3. The topological polar surface area (TPSA) is 229 Å². The Morgan fingerprint density at radius 2 is 1.12 bits per heavy atom. The molecule has 3 N–H and O–H groups in total. The summed E-state index contributed by atoms with van der Waals surface area (Å²) in [6.45, 7) is 21.2. The molecule has 10 aromatic rings. The smallest absolute Gasteiger partial charge is 0.387 e. The van der Waals surface area contributed by atoms with Gasteiger partial charge in [0.2, 0.25) is 0 Å². The van der Waals surface area contributed by atoms with E-state index in [-0.39, 0.29) is 53.8 Å². The molecule has 8 heterocycles. The maximum atomic E-state index is 13.4. The monoisotopic (exact) mass is 1400 g/mol. The van der Waals surface area contributed by atoms with E-state index in [0.29, 0.717) is 97.8 Å². The standard InChI is InChI=1S/C31H37F2N7O3Si.C25H32F2N6O3Si.C6H6BrN.BrH/c1-31(2,3)37-29(41)23-18-39(19-42-12-13-44(4,5)6)28-27(23)36-24(16-35-28)26-22-14-21(43-30(32)33)9-10-25(22)40(38-26)17-20-8-7-11-34-15-20;1-25(2,3)30-23(34)17-13-33(14-35-9-10-37(4,5)6)22-21(17)29-19(12-28-22)20-16-11-15(36-24(26)27)7-8-18(16)31-32-20;7-4-6-2-1-3-8-5-6;/h7-11,14-16,18,30H,12-13,17,19H2,1-6H3,(H,37,41);7-8,11-13,24H,9-10,14H2,1-6H3,(H,30,34)(H,31,32);1-3,5H,4H2;1H. The normalized spacial score (nSPS) is 12.0. The van der Waals surface area contributed by atoms with Crippen molar-refractivity contribution in [1.82, 2.24) is 69.6 Å². The van der Waals surface area contributed by atoms with Gasteiger partial charge in [0, 0.05) is 93.7 Å². The van der Waals surface area contributed by atoms with E-state index in [4.69, 9.17) is 34.3 Å². The minimum absolute atomic E-state index is 0. The van der Waals surface area contributed by atoms with Gasteiger partial charge in [0.15, 0.2) is 11.3 Å². The SMILES string of the molecule is Br.BrCc1cccnc1.CC(C)(C)NC(=O)c1cn(COCC[Si](C)(C)C)c2ncc(-c3n[nH]c4ccc(OC(F)F)cc34)nc12.CC(C)(C)NC(=O)c1cn(COCC[Si](C)(C)C)c2ncc(-c3nn(Cc4cccnc4)c4ccc(OC(F)F)cc34)nc12. The lowest BCUT2D eigenvalue weighted by Gasteiger charge is -2.20. The lowest BCUT2D eigenvalue weighted by atomic mass is 10.1. The van der Waals surface area contributed by atoms with Crippen LogP contribution in [0.2, 0.25) is 51.4 Å². The molecule has 0 radical (unpaired) electrons. The van der Waals surface area contributed by atoms with Crippen molar-refractivity contribution in [3.05, 3.63) is 132 Å². The van der Waals surface area contributed by atoms with Gasteiger partial charge in [0.1, 0.15) is 58.8 Å². The van der Waals surface area contributed by atoms with Crippen LogP contribution in [-0.2, 0) is 34.8 Å². The van der Waals surface area contributed by atoms with Gasteiger partial charge >= 0.3 is 13.2 Å².